The van der Waals surface area contributed by atoms with Gasteiger partial charge in [0.1, 0.15) is 5.82 Å². The largest absolute Gasteiger partial charge is 0.366 e. The Labute approximate surface area is 183 Å². The summed E-state index contributed by atoms with van der Waals surface area (Å²) in [5, 5.41) is 10.7. The van der Waals surface area contributed by atoms with E-state index in [0.717, 1.165) is 29.1 Å². The van der Waals surface area contributed by atoms with Crippen molar-refractivity contribution in [2.24, 2.45) is 0 Å². The third kappa shape index (κ3) is 4.63. The van der Waals surface area contributed by atoms with Gasteiger partial charge in [-0.2, -0.15) is 22.1 Å². The van der Waals surface area contributed by atoms with E-state index in [2.05, 4.69) is 51.7 Å². The quantitative estimate of drug-likeness (QED) is 0.589. The minimum atomic E-state index is -3.41. The zero-order valence-corrected chi connectivity index (χ0v) is 18.9. The maximum atomic E-state index is 12.5. The number of rotatable bonds is 7. The van der Waals surface area contributed by atoms with Crippen molar-refractivity contribution in [2.75, 3.05) is 32.5 Å². The minimum Gasteiger partial charge on any atom is -0.366 e. The molecule has 9 heteroatoms. The lowest BCUT2D eigenvalue weighted by atomic mass is 9.97. The van der Waals surface area contributed by atoms with Gasteiger partial charge in [-0.05, 0) is 36.6 Å². The highest BCUT2D eigenvalue weighted by Crippen LogP contribution is 2.34. The standard InChI is InChI=1S/C22H28N6O2S/c1-16-5-4-6-17(11-16)13-24-21-12-18(7-9-23-21)20-14-25-26-22(20)19-8-10-28(15-19)31(29,30)27(2)3/h4-7,9,11-12,14,19H,8,10,13,15H2,1-3H3,(H,23,24)(H,25,26)/t19-/m0/s1. The van der Waals surface area contributed by atoms with Gasteiger partial charge in [-0.3, -0.25) is 5.10 Å². The molecular weight excluding hydrogens is 412 g/mol. The van der Waals surface area contributed by atoms with E-state index in [0.29, 0.717) is 19.6 Å². The number of nitrogens with one attached hydrogen (secondary N) is 2. The Bertz CT molecular complexity index is 1160. The van der Waals surface area contributed by atoms with Crippen molar-refractivity contribution in [1.29, 1.82) is 0 Å². The van der Waals surface area contributed by atoms with Crippen LogP contribution in [0.25, 0.3) is 11.1 Å². The first-order valence-electron chi connectivity index (χ1n) is 10.3. The number of pyridine rings is 1. The lowest BCUT2D eigenvalue weighted by molar-refractivity contribution is 0.418. The molecule has 3 heterocycles. The minimum absolute atomic E-state index is 0.0732. The number of aromatic nitrogens is 3. The average molecular weight is 441 g/mol. The van der Waals surface area contributed by atoms with Gasteiger partial charge in [0.15, 0.2) is 0 Å². The maximum Gasteiger partial charge on any atom is 0.281 e. The van der Waals surface area contributed by atoms with Crippen molar-refractivity contribution >= 4 is 16.0 Å². The molecule has 0 aliphatic carbocycles. The van der Waals surface area contributed by atoms with Crippen molar-refractivity contribution in [3.63, 3.8) is 0 Å². The fourth-order valence-corrected chi connectivity index (χ4v) is 5.12. The summed E-state index contributed by atoms with van der Waals surface area (Å²) in [5.74, 6) is 0.860. The molecule has 2 N–H and O–H groups in total. The smallest absolute Gasteiger partial charge is 0.281 e. The molecule has 8 nitrogen and oxygen atoms in total. The van der Waals surface area contributed by atoms with Gasteiger partial charge in [0.2, 0.25) is 0 Å². The highest BCUT2D eigenvalue weighted by Gasteiger charge is 2.35. The molecule has 1 fully saturated rings. The highest BCUT2D eigenvalue weighted by molar-refractivity contribution is 7.86. The van der Waals surface area contributed by atoms with E-state index in [1.54, 1.807) is 26.5 Å². The zero-order valence-electron chi connectivity index (χ0n) is 18.0. The Morgan fingerprint density at radius 3 is 2.87 bits per heavy atom. The van der Waals surface area contributed by atoms with Gasteiger partial charge in [-0.1, -0.05) is 29.8 Å². The Kier molecular flexibility index (Phi) is 6.08. The lowest BCUT2D eigenvalue weighted by Gasteiger charge is -2.20. The van der Waals surface area contributed by atoms with Gasteiger partial charge in [0.25, 0.3) is 10.2 Å². The van der Waals surface area contributed by atoms with E-state index >= 15 is 0 Å². The molecule has 4 rings (SSSR count). The van der Waals surface area contributed by atoms with Crippen LogP contribution in [0.5, 0.6) is 0 Å². The molecule has 31 heavy (non-hydrogen) atoms. The van der Waals surface area contributed by atoms with Crippen molar-refractivity contribution < 1.29 is 8.42 Å². The van der Waals surface area contributed by atoms with Crippen molar-refractivity contribution in [3.8, 4) is 11.1 Å². The van der Waals surface area contributed by atoms with Crippen LogP contribution in [0.1, 0.15) is 29.2 Å². The number of H-pyrrole nitrogens is 1. The second-order valence-corrected chi connectivity index (χ2v) is 10.2. The van der Waals surface area contributed by atoms with E-state index in [1.165, 1.54) is 19.7 Å². The van der Waals surface area contributed by atoms with Gasteiger partial charge in [0.05, 0.1) is 6.20 Å². The molecule has 0 unspecified atom stereocenters. The molecule has 1 atom stereocenters. The Balaban J connectivity index is 1.51. The van der Waals surface area contributed by atoms with Gasteiger partial charge < -0.3 is 5.32 Å². The summed E-state index contributed by atoms with van der Waals surface area (Å²) in [5.41, 5.74) is 5.37. The van der Waals surface area contributed by atoms with Crippen LogP contribution in [0.3, 0.4) is 0 Å². The molecule has 0 amide bonds. The highest BCUT2D eigenvalue weighted by atomic mass is 32.2. The second-order valence-electron chi connectivity index (χ2n) is 8.10. The summed E-state index contributed by atoms with van der Waals surface area (Å²) in [6.45, 7) is 3.72. The Morgan fingerprint density at radius 1 is 1.26 bits per heavy atom. The normalized spacial score (nSPS) is 17.4. The van der Waals surface area contributed by atoms with Gasteiger partial charge in [0, 0.05) is 57.1 Å². The fourth-order valence-electron chi connectivity index (χ4n) is 3.95. The van der Waals surface area contributed by atoms with Crippen LogP contribution in [-0.2, 0) is 16.8 Å². The first-order valence-corrected chi connectivity index (χ1v) is 11.7. The fraction of sp³-hybridized carbons (Fsp3) is 0.364. The SMILES string of the molecule is Cc1cccc(CNc2cc(-c3cn[nH]c3[C@H]3CCN(S(=O)(=O)N(C)C)C3)ccn2)c1. The number of hydrogen-bond acceptors (Lipinski definition) is 5. The average Bonchev–Trinajstić information content (AvgIpc) is 3.42. The molecule has 1 aliphatic rings. The molecule has 0 spiro atoms. The molecule has 164 valence electrons. The second kappa shape index (κ2) is 8.78. The number of aryl methyl sites for hydroxylation is 1. The summed E-state index contributed by atoms with van der Waals surface area (Å²) in [4.78, 5) is 4.44. The van der Waals surface area contributed by atoms with E-state index in [-0.39, 0.29) is 5.92 Å². The number of aromatic amines is 1. The van der Waals surface area contributed by atoms with E-state index in [1.807, 2.05) is 12.1 Å². The van der Waals surface area contributed by atoms with Crippen LogP contribution in [0.4, 0.5) is 5.82 Å². The van der Waals surface area contributed by atoms with Crippen LogP contribution >= 0.6 is 0 Å². The van der Waals surface area contributed by atoms with E-state index < -0.39 is 10.2 Å². The van der Waals surface area contributed by atoms with Crippen molar-refractivity contribution in [3.05, 3.63) is 65.6 Å². The molecule has 2 aromatic heterocycles. The van der Waals surface area contributed by atoms with Gasteiger partial charge in [-0.25, -0.2) is 4.98 Å². The number of nitrogens with zero attached hydrogens (tertiary/aromatic N) is 4. The van der Waals surface area contributed by atoms with Crippen LogP contribution in [0.15, 0.2) is 48.8 Å². The third-order valence-electron chi connectivity index (χ3n) is 5.64. The monoisotopic (exact) mass is 440 g/mol. The van der Waals surface area contributed by atoms with Crippen molar-refractivity contribution in [1.82, 2.24) is 23.8 Å². The Hall–Kier alpha value is -2.75. The first kappa shape index (κ1) is 21.5. The molecule has 1 aliphatic heterocycles. The summed E-state index contributed by atoms with van der Waals surface area (Å²) in [6, 6.07) is 12.3. The predicted molar refractivity (Wildman–Crippen MR) is 122 cm³/mol. The molecule has 3 aromatic rings. The van der Waals surface area contributed by atoms with Crippen molar-refractivity contribution in [2.45, 2.75) is 25.8 Å². The number of benzene rings is 1. The first-order chi connectivity index (χ1) is 14.8. The molecule has 0 radical (unpaired) electrons. The molecule has 0 saturated carbocycles. The van der Waals surface area contributed by atoms with Crippen LogP contribution in [0, 0.1) is 6.92 Å². The summed E-state index contributed by atoms with van der Waals surface area (Å²) >= 11 is 0. The summed E-state index contributed by atoms with van der Waals surface area (Å²) < 4.78 is 27.7. The van der Waals surface area contributed by atoms with Gasteiger partial charge in [-0.15, -0.1) is 0 Å². The molecular formula is C22H28N6O2S. The topological polar surface area (TPSA) is 94.2 Å². The maximum absolute atomic E-state index is 12.5. The predicted octanol–water partition coefficient (Wildman–Crippen LogP) is 2.99. The van der Waals surface area contributed by atoms with E-state index in [9.17, 15) is 8.42 Å². The molecule has 0 bridgehead atoms. The van der Waals surface area contributed by atoms with E-state index in [4.69, 9.17) is 0 Å². The van der Waals surface area contributed by atoms with Crippen LogP contribution in [0.2, 0.25) is 0 Å². The van der Waals surface area contributed by atoms with Gasteiger partial charge >= 0.3 is 0 Å². The summed E-state index contributed by atoms with van der Waals surface area (Å²) in [6.07, 6.45) is 4.34. The number of anilines is 1. The molecule has 1 aromatic carbocycles. The third-order valence-corrected chi connectivity index (χ3v) is 7.55. The lowest BCUT2D eigenvalue weighted by Crippen LogP contribution is -2.38. The zero-order chi connectivity index (χ0) is 22.0. The number of hydrogen-bond donors (Lipinski definition) is 2. The molecule has 1 saturated heterocycles. The van der Waals surface area contributed by atoms with Crippen LogP contribution in [-0.4, -0.2) is 59.4 Å². The Morgan fingerprint density at radius 2 is 2.10 bits per heavy atom. The van der Waals surface area contributed by atoms with Crippen LogP contribution < -0.4 is 5.32 Å². The summed E-state index contributed by atoms with van der Waals surface area (Å²) in [7, 11) is -0.285.